The fourth-order valence-corrected chi connectivity index (χ4v) is 2.52. The van der Waals surface area contributed by atoms with Crippen molar-refractivity contribution in [2.75, 3.05) is 0 Å². The van der Waals surface area contributed by atoms with Crippen LogP contribution in [0.3, 0.4) is 0 Å². The Balaban J connectivity index is 1.69. The number of nitrogens with zero attached hydrogens (tertiary/aromatic N) is 1. The molecule has 2 aromatic rings. The number of rotatable bonds is 6. The highest BCUT2D eigenvalue weighted by Gasteiger charge is 2.09. The summed E-state index contributed by atoms with van der Waals surface area (Å²) < 4.78 is 0. The summed E-state index contributed by atoms with van der Waals surface area (Å²) in [4.78, 5) is 13.1. The Labute approximate surface area is 110 Å². The minimum Gasteiger partial charge on any atom is -0.349 e. The first-order valence-electron chi connectivity index (χ1n) is 6.06. The van der Waals surface area contributed by atoms with Crippen LogP contribution in [0.4, 0.5) is 0 Å². The quantitative estimate of drug-likeness (QED) is 0.841. The molecule has 0 aliphatic heterocycles. The molecule has 1 amide bonds. The molecular formula is C13H17N3OS. The highest BCUT2D eigenvalue weighted by atomic mass is 32.1. The van der Waals surface area contributed by atoms with Gasteiger partial charge in [0.1, 0.15) is 0 Å². The molecule has 1 atom stereocenters. The van der Waals surface area contributed by atoms with Gasteiger partial charge in [0.15, 0.2) is 0 Å². The molecule has 0 aliphatic rings. The summed E-state index contributed by atoms with van der Waals surface area (Å²) in [5.74, 6) is 0.0975. The van der Waals surface area contributed by atoms with E-state index in [4.69, 9.17) is 0 Å². The third-order valence-corrected chi connectivity index (χ3v) is 3.74. The molecule has 0 saturated heterocycles. The second kappa shape index (κ2) is 6.35. The van der Waals surface area contributed by atoms with Gasteiger partial charge in [-0.2, -0.15) is 5.10 Å². The predicted octanol–water partition coefficient (Wildman–Crippen LogP) is 2.67. The number of H-pyrrole nitrogens is 1. The molecule has 2 rings (SSSR count). The first-order valence-corrected chi connectivity index (χ1v) is 6.94. The van der Waals surface area contributed by atoms with Crippen LogP contribution in [-0.2, 0) is 11.2 Å². The lowest BCUT2D eigenvalue weighted by atomic mass is 10.1. The van der Waals surface area contributed by atoms with E-state index in [1.54, 1.807) is 23.7 Å². The van der Waals surface area contributed by atoms with E-state index >= 15 is 0 Å². The molecule has 0 aromatic carbocycles. The zero-order valence-electron chi connectivity index (χ0n) is 10.3. The Bertz CT molecular complexity index is 464. The van der Waals surface area contributed by atoms with Crippen molar-refractivity contribution in [3.8, 4) is 0 Å². The van der Waals surface area contributed by atoms with E-state index in [9.17, 15) is 4.79 Å². The summed E-state index contributed by atoms with van der Waals surface area (Å²) in [7, 11) is 0. The molecule has 0 saturated carbocycles. The number of aryl methyl sites for hydroxylation is 1. The fourth-order valence-electron chi connectivity index (χ4n) is 1.77. The third kappa shape index (κ3) is 3.70. The van der Waals surface area contributed by atoms with Crippen LogP contribution in [0.25, 0.3) is 0 Å². The van der Waals surface area contributed by atoms with Gasteiger partial charge in [-0.25, -0.2) is 0 Å². The van der Waals surface area contributed by atoms with E-state index in [-0.39, 0.29) is 11.9 Å². The molecule has 2 N–H and O–H groups in total. The average Bonchev–Trinajstić information content (AvgIpc) is 3.02. The number of carbonyl (C=O) groups is 1. The first-order chi connectivity index (χ1) is 8.75. The second-order valence-electron chi connectivity index (χ2n) is 4.25. The maximum absolute atomic E-state index is 11.7. The van der Waals surface area contributed by atoms with Gasteiger partial charge in [-0.15, -0.1) is 11.3 Å². The highest BCUT2D eigenvalue weighted by molar-refractivity contribution is 7.09. The van der Waals surface area contributed by atoms with Gasteiger partial charge in [0.05, 0.1) is 12.2 Å². The van der Waals surface area contributed by atoms with Crippen molar-refractivity contribution in [3.05, 3.63) is 40.3 Å². The number of hydrogen-bond donors (Lipinski definition) is 2. The van der Waals surface area contributed by atoms with Crippen molar-refractivity contribution >= 4 is 17.2 Å². The van der Waals surface area contributed by atoms with E-state index in [1.165, 1.54) is 4.88 Å². The molecule has 0 aliphatic carbocycles. The molecule has 0 fully saturated rings. The molecule has 2 heterocycles. The van der Waals surface area contributed by atoms with Gasteiger partial charge < -0.3 is 5.32 Å². The van der Waals surface area contributed by atoms with Gasteiger partial charge in [-0.3, -0.25) is 9.89 Å². The van der Waals surface area contributed by atoms with Crippen molar-refractivity contribution in [2.45, 2.75) is 32.2 Å². The zero-order chi connectivity index (χ0) is 12.8. The summed E-state index contributed by atoms with van der Waals surface area (Å²) >= 11 is 1.74. The van der Waals surface area contributed by atoms with Crippen LogP contribution in [0.15, 0.2) is 29.9 Å². The fraction of sp³-hybridized carbons (Fsp3) is 0.385. The topological polar surface area (TPSA) is 57.8 Å². The Hall–Kier alpha value is -1.62. The SMILES string of the molecule is CC(NC(=O)CCCc1cccs1)c1cn[nH]c1. The Morgan fingerprint density at radius 1 is 1.61 bits per heavy atom. The molecular weight excluding hydrogens is 246 g/mol. The van der Waals surface area contributed by atoms with E-state index in [0.717, 1.165) is 18.4 Å². The summed E-state index contributed by atoms with van der Waals surface area (Å²) in [6.07, 6.45) is 5.98. The van der Waals surface area contributed by atoms with Gasteiger partial charge in [0.2, 0.25) is 5.91 Å². The average molecular weight is 263 g/mol. The van der Waals surface area contributed by atoms with Crippen LogP contribution >= 0.6 is 11.3 Å². The minimum atomic E-state index is 0.0120. The number of nitrogens with one attached hydrogen (secondary N) is 2. The lowest BCUT2D eigenvalue weighted by molar-refractivity contribution is -0.121. The van der Waals surface area contributed by atoms with Crippen LogP contribution < -0.4 is 5.32 Å². The van der Waals surface area contributed by atoms with Crippen molar-refractivity contribution in [3.63, 3.8) is 0 Å². The molecule has 4 nitrogen and oxygen atoms in total. The van der Waals surface area contributed by atoms with Crippen LogP contribution in [0.1, 0.15) is 36.2 Å². The van der Waals surface area contributed by atoms with Gasteiger partial charge >= 0.3 is 0 Å². The lowest BCUT2D eigenvalue weighted by Crippen LogP contribution is -2.26. The number of amides is 1. The Morgan fingerprint density at radius 3 is 3.17 bits per heavy atom. The smallest absolute Gasteiger partial charge is 0.220 e. The van der Waals surface area contributed by atoms with Crippen LogP contribution in [0.2, 0.25) is 0 Å². The Kier molecular flexibility index (Phi) is 4.52. The van der Waals surface area contributed by atoms with Gasteiger partial charge in [0, 0.05) is 23.1 Å². The predicted molar refractivity (Wildman–Crippen MR) is 72.4 cm³/mol. The normalized spacial score (nSPS) is 12.3. The van der Waals surface area contributed by atoms with E-state index in [2.05, 4.69) is 27.0 Å². The number of thiophene rings is 1. The molecule has 96 valence electrons. The van der Waals surface area contributed by atoms with Crippen molar-refractivity contribution in [1.29, 1.82) is 0 Å². The maximum atomic E-state index is 11.7. The molecule has 0 spiro atoms. The van der Waals surface area contributed by atoms with Crippen molar-refractivity contribution < 1.29 is 4.79 Å². The maximum Gasteiger partial charge on any atom is 0.220 e. The first kappa shape index (κ1) is 12.8. The molecule has 0 radical (unpaired) electrons. The van der Waals surface area contributed by atoms with Gasteiger partial charge in [0.25, 0.3) is 0 Å². The largest absolute Gasteiger partial charge is 0.349 e. The number of carbonyl (C=O) groups excluding carboxylic acids is 1. The van der Waals surface area contributed by atoms with Crippen molar-refractivity contribution in [2.24, 2.45) is 0 Å². The number of hydrogen-bond acceptors (Lipinski definition) is 3. The number of aromatic nitrogens is 2. The van der Waals surface area contributed by atoms with Gasteiger partial charge in [-0.1, -0.05) is 6.07 Å². The summed E-state index contributed by atoms with van der Waals surface area (Å²) in [5.41, 5.74) is 1.00. The highest BCUT2D eigenvalue weighted by Crippen LogP contribution is 2.13. The zero-order valence-corrected chi connectivity index (χ0v) is 11.2. The standard InChI is InChI=1S/C13H17N3OS/c1-10(11-8-14-15-9-11)16-13(17)6-2-4-12-5-3-7-18-12/h3,5,7-10H,2,4,6H2,1H3,(H,14,15)(H,16,17). The molecule has 2 aromatic heterocycles. The molecule has 0 bridgehead atoms. The lowest BCUT2D eigenvalue weighted by Gasteiger charge is -2.11. The minimum absolute atomic E-state index is 0.0120. The summed E-state index contributed by atoms with van der Waals surface area (Å²) in [6, 6.07) is 4.16. The second-order valence-corrected chi connectivity index (χ2v) is 5.29. The van der Waals surface area contributed by atoms with Crippen LogP contribution in [0, 0.1) is 0 Å². The molecule has 18 heavy (non-hydrogen) atoms. The molecule has 1 unspecified atom stereocenters. The van der Waals surface area contributed by atoms with Crippen molar-refractivity contribution in [1.82, 2.24) is 15.5 Å². The summed E-state index contributed by atoms with van der Waals surface area (Å²) in [6.45, 7) is 1.96. The number of aromatic amines is 1. The van der Waals surface area contributed by atoms with Crippen LogP contribution in [0.5, 0.6) is 0 Å². The van der Waals surface area contributed by atoms with E-state index in [0.29, 0.717) is 6.42 Å². The van der Waals surface area contributed by atoms with Gasteiger partial charge in [-0.05, 0) is 31.2 Å². The monoisotopic (exact) mass is 263 g/mol. The van der Waals surface area contributed by atoms with E-state index < -0.39 is 0 Å². The van der Waals surface area contributed by atoms with Crippen LogP contribution in [-0.4, -0.2) is 16.1 Å². The van der Waals surface area contributed by atoms with E-state index in [1.807, 2.05) is 13.0 Å². The Morgan fingerprint density at radius 2 is 2.50 bits per heavy atom. The third-order valence-electron chi connectivity index (χ3n) is 2.80. The molecule has 5 heteroatoms. The summed E-state index contributed by atoms with van der Waals surface area (Å²) in [5, 5.41) is 11.6.